The van der Waals surface area contributed by atoms with Crippen LogP contribution >= 0.6 is 0 Å². The average molecular weight is 656 g/mol. The predicted octanol–water partition coefficient (Wildman–Crippen LogP) is -0.218. The Bertz CT molecular complexity index is 1670. The quantitative estimate of drug-likeness (QED) is 0.0854. The Kier molecular flexibility index (Phi) is 8.03. The van der Waals surface area contributed by atoms with Crippen LogP contribution in [0.3, 0.4) is 0 Å². The summed E-state index contributed by atoms with van der Waals surface area (Å²) in [5, 5.41) is 31.6. The molecule has 6 N–H and O–H groups in total. The summed E-state index contributed by atoms with van der Waals surface area (Å²) in [7, 11) is 0. The molecule has 2 aromatic carbocycles. The van der Waals surface area contributed by atoms with Gasteiger partial charge in [-0.25, -0.2) is 5.48 Å². The second kappa shape index (κ2) is 12.3. The summed E-state index contributed by atoms with van der Waals surface area (Å²) in [6.07, 6.45) is -7.45. The summed E-state index contributed by atoms with van der Waals surface area (Å²) in [6.45, 7) is 0.00517. The number of nitrogens with two attached hydrogens (primary N) is 1. The van der Waals surface area contributed by atoms with Crippen molar-refractivity contribution in [2.45, 2.75) is 55.1 Å². The molecule has 7 atom stereocenters. The van der Waals surface area contributed by atoms with Crippen molar-refractivity contribution < 1.29 is 67.9 Å². The molecule has 0 aliphatic carbocycles. The zero-order valence-corrected chi connectivity index (χ0v) is 24.5. The van der Waals surface area contributed by atoms with Crippen LogP contribution < -0.4 is 35.0 Å². The topological polar surface area (TPSA) is 228 Å². The zero-order chi connectivity index (χ0) is 32.7. The number of ether oxygens (including phenoxy) is 6. The first-order valence-corrected chi connectivity index (χ1v) is 14.6. The number of nitrogens with zero attached hydrogens (tertiary/aromatic N) is 1. The van der Waals surface area contributed by atoms with Crippen molar-refractivity contribution in [1.29, 1.82) is 0 Å². The lowest BCUT2D eigenvalue weighted by Gasteiger charge is -2.45. The van der Waals surface area contributed by atoms with Gasteiger partial charge in [-0.15, -0.1) is 0 Å². The molecule has 0 saturated carbocycles. The minimum Gasteiger partial charge on any atom is -0.492 e. The van der Waals surface area contributed by atoms with Crippen molar-refractivity contribution in [3.63, 3.8) is 0 Å². The highest BCUT2D eigenvalue weighted by molar-refractivity contribution is 5.90. The van der Waals surface area contributed by atoms with Crippen molar-refractivity contribution in [2.24, 2.45) is 10.7 Å². The number of esters is 1. The minimum absolute atomic E-state index is 0.139. The van der Waals surface area contributed by atoms with E-state index in [0.29, 0.717) is 35.2 Å². The van der Waals surface area contributed by atoms with Crippen LogP contribution in [0, 0.1) is 11.8 Å². The molecule has 7 rings (SSSR count). The van der Waals surface area contributed by atoms with E-state index in [4.69, 9.17) is 53.9 Å². The molecule has 5 aliphatic heterocycles. The minimum atomic E-state index is -2.49. The number of hydroxylamine groups is 1. The van der Waals surface area contributed by atoms with E-state index in [9.17, 15) is 19.8 Å². The molecular formula is C30H29N3O14. The maximum atomic E-state index is 11.9. The van der Waals surface area contributed by atoms with E-state index in [2.05, 4.69) is 22.3 Å². The fourth-order valence-electron chi connectivity index (χ4n) is 5.79. The van der Waals surface area contributed by atoms with Crippen molar-refractivity contribution >= 4 is 17.9 Å². The van der Waals surface area contributed by atoms with E-state index in [1.54, 1.807) is 24.3 Å². The molecule has 0 amide bonds. The Morgan fingerprint density at radius 2 is 1.94 bits per heavy atom. The lowest BCUT2D eigenvalue weighted by molar-refractivity contribution is -0.396. The summed E-state index contributed by atoms with van der Waals surface area (Å²) in [6, 6.07) is 8.58. The average Bonchev–Trinajstić information content (AvgIpc) is 3.65. The highest BCUT2D eigenvalue weighted by atomic mass is 17.2. The van der Waals surface area contributed by atoms with Crippen LogP contribution in [0.15, 0.2) is 35.3 Å². The number of aliphatic carboxylic acids is 1. The van der Waals surface area contributed by atoms with Crippen LogP contribution in [0.4, 0.5) is 0 Å². The second-order valence-electron chi connectivity index (χ2n) is 11.1. The summed E-state index contributed by atoms with van der Waals surface area (Å²) in [5.74, 6) is 2.63. The van der Waals surface area contributed by atoms with Gasteiger partial charge < -0.3 is 54.4 Å². The van der Waals surface area contributed by atoms with Crippen LogP contribution in [-0.4, -0.2) is 90.0 Å². The van der Waals surface area contributed by atoms with Crippen LogP contribution in [0.1, 0.15) is 36.0 Å². The van der Waals surface area contributed by atoms with Gasteiger partial charge in [0.15, 0.2) is 23.4 Å². The first-order valence-electron chi connectivity index (χ1n) is 14.6. The number of rotatable bonds is 7. The number of carboxylic acids is 1. The van der Waals surface area contributed by atoms with Crippen LogP contribution in [0.25, 0.3) is 0 Å². The zero-order valence-electron chi connectivity index (χ0n) is 24.5. The molecule has 0 radical (unpaired) electrons. The van der Waals surface area contributed by atoms with E-state index in [1.165, 1.54) is 0 Å². The second-order valence-corrected chi connectivity index (χ2v) is 11.1. The molecule has 17 nitrogen and oxygen atoms in total. The summed E-state index contributed by atoms with van der Waals surface area (Å²) in [5.41, 5.74) is 9.81. The molecule has 0 spiro atoms. The molecule has 47 heavy (non-hydrogen) atoms. The molecule has 17 heteroatoms. The van der Waals surface area contributed by atoms with Crippen LogP contribution in [0.5, 0.6) is 28.7 Å². The fourth-order valence-corrected chi connectivity index (χ4v) is 5.79. The summed E-state index contributed by atoms with van der Waals surface area (Å²) in [4.78, 5) is 43.7. The Morgan fingerprint density at radius 1 is 1.11 bits per heavy atom. The molecule has 1 fully saturated rings. The van der Waals surface area contributed by atoms with E-state index in [-0.39, 0.29) is 37.4 Å². The number of benzene rings is 2. The van der Waals surface area contributed by atoms with Gasteiger partial charge in [0.25, 0.3) is 5.79 Å². The SMILES string of the molecule is NC1=NCCC#C[C@@]2(O)O[C@H](COC(=O)CC(=O)O)[C@@H](O)[C@H](ON1)[C@H]2OOc1ccc2c(c1)[C@H]1Oc3cc4c(cc3[C@H]1CO2)OCO4. The third-order valence-corrected chi connectivity index (χ3v) is 8.00. The van der Waals surface area contributed by atoms with Gasteiger partial charge in [-0.05, 0) is 30.2 Å². The van der Waals surface area contributed by atoms with E-state index < -0.39 is 61.3 Å². The standard InChI is InChI=1S/C30H29N3O14/c31-29-32-6-2-1-5-30(38)28(27(45-33-29)25(37)22(44-30)12-40-24(36)10-23(34)35)47-46-14-3-4-18-16(7-14)26-17(11-39-18)15-8-20-21(42-13-41-20)9-19(15)43-26/h3-4,7-9,17,22,25-28,37-38H,2,6,10-13H2,(H,34,35)(H3,31,32,33)/t17-,22-,25-,26-,27+,28-,30-/m1/s1. The number of guanidine groups is 1. The molecule has 5 heterocycles. The molecule has 5 aliphatic rings. The molecule has 2 bridgehead atoms. The van der Waals surface area contributed by atoms with Crippen molar-refractivity contribution in [3.8, 4) is 40.6 Å². The summed E-state index contributed by atoms with van der Waals surface area (Å²) < 4.78 is 34.0. The van der Waals surface area contributed by atoms with Gasteiger partial charge in [-0.1, -0.05) is 5.92 Å². The first kappa shape index (κ1) is 30.7. The van der Waals surface area contributed by atoms with E-state index >= 15 is 0 Å². The van der Waals surface area contributed by atoms with Gasteiger partial charge >= 0.3 is 11.9 Å². The largest absolute Gasteiger partial charge is 0.492 e. The van der Waals surface area contributed by atoms with Crippen LogP contribution in [-0.2, 0) is 28.8 Å². The van der Waals surface area contributed by atoms with Gasteiger partial charge in [0.1, 0.15) is 42.8 Å². The van der Waals surface area contributed by atoms with Gasteiger partial charge in [-0.3, -0.25) is 19.4 Å². The normalized spacial score (nSPS) is 29.8. The number of aliphatic hydroxyl groups is 2. The number of hydrogen-bond donors (Lipinski definition) is 5. The highest BCUT2D eigenvalue weighted by Gasteiger charge is 2.57. The molecular weight excluding hydrogens is 626 g/mol. The van der Waals surface area contributed by atoms with Crippen molar-refractivity contribution in [2.75, 3.05) is 26.6 Å². The fraction of sp³-hybridized carbons (Fsp3) is 0.433. The number of hydrogen-bond acceptors (Lipinski definition) is 16. The lowest BCUT2D eigenvalue weighted by atomic mass is 9.89. The third-order valence-electron chi connectivity index (χ3n) is 8.00. The number of carbonyl (C=O) groups is 2. The van der Waals surface area contributed by atoms with Crippen molar-refractivity contribution in [3.05, 3.63) is 41.5 Å². The lowest BCUT2D eigenvalue weighted by Crippen LogP contribution is -2.67. The maximum absolute atomic E-state index is 11.9. The number of aliphatic imine (C=N–C) groups is 1. The van der Waals surface area contributed by atoms with Gasteiger partial charge in [-0.2, -0.15) is 4.89 Å². The number of aliphatic hydroxyl groups excluding tert-OH is 1. The third kappa shape index (κ3) is 6.00. The van der Waals surface area contributed by atoms with Gasteiger partial charge in [0.05, 0.1) is 19.1 Å². The Balaban J connectivity index is 1.12. The molecule has 0 aromatic heterocycles. The predicted molar refractivity (Wildman–Crippen MR) is 152 cm³/mol. The number of carbonyl (C=O) groups excluding carboxylic acids is 1. The van der Waals surface area contributed by atoms with E-state index in [1.807, 2.05) is 6.07 Å². The van der Waals surface area contributed by atoms with Crippen LogP contribution in [0.2, 0.25) is 0 Å². The molecule has 0 unspecified atom stereocenters. The Hall–Kier alpha value is -4.99. The monoisotopic (exact) mass is 655 g/mol. The number of nitrogens with one attached hydrogen (secondary N) is 1. The smallest absolute Gasteiger partial charge is 0.317 e. The van der Waals surface area contributed by atoms with Gasteiger partial charge in [0, 0.05) is 23.6 Å². The Morgan fingerprint density at radius 3 is 2.77 bits per heavy atom. The van der Waals surface area contributed by atoms with Crippen molar-refractivity contribution in [1.82, 2.24) is 5.48 Å². The maximum Gasteiger partial charge on any atom is 0.317 e. The number of carboxylic acid groups (broad SMARTS) is 1. The molecule has 248 valence electrons. The highest BCUT2D eigenvalue weighted by Crippen LogP contribution is 2.54. The molecule has 2 aromatic rings. The summed E-state index contributed by atoms with van der Waals surface area (Å²) >= 11 is 0. The first-order chi connectivity index (χ1) is 22.7. The van der Waals surface area contributed by atoms with Gasteiger partial charge in [0.2, 0.25) is 18.9 Å². The number of fused-ring (bicyclic) bond motifs is 8. The molecule has 1 saturated heterocycles. The Labute approximate surface area is 265 Å². The van der Waals surface area contributed by atoms with E-state index in [0.717, 1.165) is 5.56 Å².